The fourth-order valence-corrected chi connectivity index (χ4v) is 3.92. The first-order valence-corrected chi connectivity index (χ1v) is 8.64. The van der Waals surface area contributed by atoms with Crippen molar-refractivity contribution in [1.82, 2.24) is 0 Å². The first kappa shape index (κ1) is 14.2. The summed E-state index contributed by atoms with van der Waals surface area (Å²) in [7, 11) is 0. The van der Waals surface area contributed by atoms with Crippen LogP contribution in [0.5, 0.6) is 0 Å². The summed E-state index contributed by atoms with van der Waals surface area (Å²) in [5.41, 5.74) is 11.3. The van der Waals surface area contributed by atoms with Gasteiger partial charge in [-0.2, -0.15) is 0 Å². The Hall–Kier alpha value is -3.12. The van der Waals surface area contributed by atoms with Crippen molar-refractivity contribution < 1.29 is 0 Å². The maximum Gasteiger partial charge on any atom is -0.00175 e. The topological polar surface area (TPSA) is 0 Å². The molecule has 0 saturated heterocycles. The zero-order valence-electron chi connectivity index (χ0n) is 14.1. The summed E-state index contributed by atoms with van der Waals surface area (Å²) in [6.07, 6.45) is 0. The Morgan fingerprint density at radius 3 is 1.92 bits per heavy atom. The quantitative estimate of drug-likeness (QED) is 0.295. The molecule has 0 saturated carbocycles. The molecule has 0 N–H and O–H groups in total. The summed E-state index contributed by atoms with van der Waals surface area (Å²) >= 11 is 0. The average molecular weight is 317 g/mol. The molecule has 4 aromatic carbocycles. The fraction of sp³-hybridized carbons (Fsp3) is 0.0400. The molecule has 0 unspecified atom stereocenters. The van der Waals surface area contributed by atoms with Crippen LogP contribution in [0.15, 0.2) is 84.9 Å². The third-order valence-corrected chi connectivity index (χ3v) is 5.08. The fourth-order valence-electron chi connectivity index (χ4n) is 3.92. The molecular formula is C25H17. The van der Waals surface area contributed by atoms with E-state index >= 15 is 0 Å². The number of fused-ring (bicyclic) bond motifs is 9. The van der Waals surface area contributed by atoms with Gasteiger partial charge >= 0.3 is 0 Å². The van der Waals surface area contributed by atoms with Crippen LogP contribution in [0.3, 0.4) is 0 Å². The van der Waals surface area contributed by atoms with Crippen molar-refractivity contribution >= 4 is 0 Å². The van der Waals surface area contributed by atoms with E-state index in [0.29, 0.717) is 0 Å². The molecule has 0 fully saturated rings. The van der Waals surface area contributed by atoms with E-state index in [1.165, 1.54) is 50.1 Å². The first-order valence-electron chi connectivity index (χ1n) is 8.64. The van der Waals surface area contributed by atoms with Gasteiger partial charge in [0, 0.05) is 0 Å². The summed E-state index contributed by atoms with van der Waals surface area (Å²) in [5, 5.41) is 0. The van der Waals surface area contributed by atoms with E-state index in [1.54, 1.807) is 0 Å². The number of benzene rings is 4. The monoisotopic (exact) mass is 317 g/mol. The van der Waals surface area contributed by atoms with Gasteiger partial charge in [-0.25, -0.2) is 0 Å². The standard InChI is InChI=1S/C25H17/c1-17-8-6-15-24-22-13-4-2-11-20(22)18-9-7-10-19(16-18)21-12-3-5-14-23(21)25(17)24/h2-14,16H,1H3. The van der Waals surface area contributed by atoms with Crippen LogP contribution in [0.4, 0.5) is 0 Å². The number of hydrogen-bond acceptors (Lipinski definition) is 0. The molecule has 0 amide bonds. The molecule has 1 radical (unpaired) electrons. The van der Waals surface area contributed by atoms with Crippen LogP contribution in [0, 0.1) is 13.0 Å². The molecule has 0 nitrogen and oxygen atoms in total. The van der Waals surface area contributed by atoms with Crippen LogP contribution in [0.1, 0.15) is 5.56 Å². The van der Waals surface area contributed by atoms with E-state index in [4.69, 9.17) is 0 Å². The van der Waals surface area contributed by atoms with Gasteiger partial charge in [0.25, 0.3) is 0 Å². The van der Waals surface area contributed by atoms with Crippen molar-refractivity contribution in [2.75, 3.05) is 0 Å². The molecular weight excluding hydrogens is 300 g/mol. The molecule has 1 aliphatic carbocycles. The Labute approximate surface area is 148 Å². The predicted octanol–water partition coefficient (Wildman–Crippen LogP) is 6.78. The van der Waals surface area contributed by atoms with Crippen LogP contribution in [-0.2, 0) is 0 Å². The Morgan fingerprint density at radius 2 is 1.20 bits per heavy atom. The third kappa shape index (κ3) is 2.15. The summed E-state index contributed by atoms with van der Waals surface area (Å²) < 4.78 is 0. The lowest BCUT2D eigenvalue weighted by Crippen LogP contribution is -1.92. The molecule has 25 heavy (non-hydrogen) atoms. The number of rotatable bonds is 0. The molecule has 5 rings (SSSR count). The second kappa shape index (κ2) is 5.46. The maximum atomic E-state index is 3.53. The Bertz CT molecular complexity index is 1100. The summed E-state index contributed by atoms with van der Waals surface area (Å²) in [4.78, 5) is 0. The summed E-state index contributed by atoms with van der Waals surface area (Å²) in [5.74, 6) is 0. The number of aryl methyl sites for hydroxylation is 1. The van der Waals surface area contributed by atoms with Crippen LogP contribution in [0.2, 0.25) is 0 Å². The van der Waals surface area contributed by atoms with E-state index in [9.17, 15) is 0 Å². The summed E-state index contributed by atoms with van der Waals surface area (Å²) in [6.45, 7) is 2.19. The lowest BCUT2D eigenvalue weighted by molar-refractivity contribution is 1.45. The van der Waals surface area contributed by atoms with Crippen LogP contribution >= 0.6 is 0 Å². The van der Waals surface area contributed by atoms with Gasteiger partial charge in [-0.3, -0.25) is 0 Å². The lowest BCUT2D eigenvalue weighted by atomic mass is 9.87. The van der Waals surface area contributed by atoms with Gasteiger partial charge in [-0.1, -0.05) is 78.9 Å². The maximum absolute atomic E-state index is 3.53. The highest BCUT2D eigenvalue weighted by molar-refractivity contribution is 5.98. The van der Waals surface area contributed by atoms with Crippen LogP contribution < -0.4 is 0 Å². The largest absolute Gasteiger partial charge is 0.0616 e. The Balaban J connectivity index is 2.03. The highest BCUT2D eigenvalue weighted by Gasteiger charge is 2.19. The molecule has 117 valence electrons. The molecule has 0 spiro atoms. The minimum atomic E-state index is 1.19. The van der Waals surface area contributed by atoms with Crippen molar-refractivity contribution in [3.63, 3.8) is 0 Å². The molecule has 4 aromatic rings. The zero-order valence-corrected chi connectivity index (χ0v) is 14.1. The first-order chi connectivity index (χ1) is 12.3. The predicted molar refractivity (Wildman–Crippen MR) is 105 cm³/mol. The Morgan fingerprint density at radius 1 is 0.600 bits per heavy atom. The van der Waals surface area contributed by atoms with E-state index < -0.39 is 0 Å². The van der Waals surface area contributed by atoms with E-state index in [-0.39, 0.29) is 0 Å². The molecule has 2 bridgehead atoms. The van der Waals surface area contributed by atoms with E-state index in [2.05, 4.69) is 91.9 Å². The van der Waals surface area contributed by atoms with Gasteiger partial charge in [0.1, 0.15) is 0 Å². The van der Waals surface area contributed by atoms with Gasteiger partial charge in [0.2, 0.25) is 0 Å². The molecule has 0 heterocycles. The SMILES string of the molecule is Cc1cc[c]c2c1-c1ccccc1-c1cccc(c1)-c1ccccc1-2. The van der Waals surface area contributed by atoms with Gasteiger partial charge in [-0.05, 0) is 69.1 Å². The molecule has 0 heteroatoms. The van der Waals surface area contributed by atoms with Gasteiger partial charge in [0.15, 0.2) is 0 Å². The smallest absolute Gasteiger partial charge is 0.00175 e. The van der Waals surface area contributed by atoms with Gasteiger partial charge in [0.05, 0.1) is 0 Å². The van der Waals surface area contributed by atoms with Crippen LogP contribution in [0.25, 0.3) is 44.5 Å². The normalized spacial score (nSPS) is 11.4. The average Bonchev–Trinajstić information content (AvgIpc) is 2.70. The minimum absolute atomic E-state index is 1.19. The molecule has 1 aliphatic rings. The second-order valence-corrected chi connectivity index (χ2v) is 6.58. The van der Waals surface area contributed by atoms with E-state index in [1.807, 2.05) is 6.07 Å². The Kier molecular flexibility index (Phi) is 3.11. The number of hydrogen-bond donors (Lipinski definition) is 0. The van der Waals surface area contributed by atoms with Crippen LogP contribution in [-0.4, -0.2) is 0 Å². The lowest BCUT2D eigenvalue weighted by Gasteiger charge is -2.16. The van der Waals surface area contributed by atoms with Crippen molar-refractivity contribution in [2.24, 2.45) is 0 Å². The zero-order chi connectivity index (χ0) is 16.8. The van der Waals surface area contributed by atoms with Crippen molar-refractivity contribution in [2.45, 2.75) is 6.92 Å². The molecule has 0 aromatic heterocycles. The van der Waals surface area contributed by atoms with Gasteiger partial charge < -0.3 is 0 Å². The molecule has 0 aliphatic heterocycles. The van der Waals surface area contributed by atoms with Crippen molar-refractivity contribution in [3.8, 4) is 44.5 Å². The summed E-state index contributed by atoms with van der Waals surface area (Å²) in [6, 6.07) is 34.0. The van der Waals surface area contributed by atoms with Gasteiger partial charge in [-0.15, -0.1) is 0 Å². The van der Waals surface area contributed by atoms with E-state index in [0.717, 1.165) is 0 Å². The highest BCUT2D eigenvalue weighted by atomic mass is 14.2. The van der Waals surface area contributed by atoms with Crippen molar-refractivity contribution in [3.05, 3.63) is 96.6 Å². The molecule has 0 atom stereocenters. The third-order valence-electron chi connectivity index (χ3n) is 5.08. The minimum Gasteiger partial charge on any atom is -0.0616 e. The highest BCUT2D eigenvalue weighted by Crippen LogP contribution is 2.44. The van der Waals surface area contributed by atoms with Crippen molar-refractivity contribution in [1.29, 1.82) is 0 Å². The second-order valence-electron chi connectivity index (χ2n) is 6.58.